The predicted molar refractivity (Wildman–Crippen MR) is 81.3 cm³/mol. The molecule has 0 spiro atoms. The first-order chi connectivity index (χ1) is 8.39. The van der Waals surface area contributed by atoms with Crippen LogP contribution in [0.4, 0.5) is 0 Å². The summed E-state index contributed by atoms with van der Waals surface area (Å²) in [5, 5.41) is 4.33. The Bertz CT molecular complexity index is 341. The molecule has 0 aliphatic rings. The quantitative estimate of drug-likeness (QED) is 0.715. The lowest BCUT2D eigenvalue weighted by molar-refractivity contribution is 0.322. The van der Waals surface area contributed by atoms with Crippen LogP contribution in [0.2, 0.25) is 5.02 Å². The second kappa shape index (κ2) is 7.16. The molecule has 1 nitrogen and oxygen atoms in total. The van der Waals surface area contributed by atoms with Crippen LogP contribution < -0.4 is 5.32 Å². The summed E-state index contributed by atoms with van der Waals surface area (Å²) in [6, 6.07) is 8.21. The minimum atomic E-state index is 0.331. The highest BCUT2D eigenvalue weighted by Crippen LogP contribution is 2.26. The van der Waals surface area contributed by atoms with Gasteiger partial charge in [0.2, 0.25) is 0 Å². The van der Waals surface area contributed by atoms with Crippen molar-refractivity contribution in [1.82, 2.24) is 5.32 Å². The van der Waals surface area contributed by atoms with Crippen molar-refractivity contribution in [3.05, 3.63) is 34.9 Å². The highest BCUT2D eigenvalue weighted by molar-refractivity contribution is 6.30. The van der Waals surface area contributed by atoms with Crippen molar-refractivity contribution in [3.8, 4) is 0 Å². The van der Waals surface area contributed by atoms with Gasteiger partial charge < -0.3 is 5.32 Å². The third-order valence-corrected chi connectivity index (χ3v) is 3.38. The van der Waals surface area contributed by atoms with Gasteiger partial charge >= 0.3 is 0 Å². The van der Waals surface area contributed by atoms with Crippen LogP contribution in [0.25, 0.3) is 0 Å². The van der Waals surface area contributed by atoms with Crippen LogP contribution in [0.1, 0.15) is 39.7 Å². The molecule has 2 heteroatoms. The van der Waals surface area contributed by atoms with Gasteiger partial charge in [0, 0.05) is 5.02 Å². The van der Waals surface area contributed by atoms with Crippen LogP contribution in [0, 0.1) is 11.3 Å². The third kappa shape index (κ3) is 6.42. The first kappa shape index (κ1) is 15.5. The monoisotopic (exact) mass is 267 g/mol. The van der Waals surface area contributed by atoms with Crippen LogP contribution in [0.3, 0.4) is 0 Å². The molecule has 0 saturated heterocycles. The summed E-state index contributed by atoms with van der Waals surface area (Å²) in [6.45, 7) is 11.4. The number of nitrogens with one attached hydrogen (secondary N) is 1. The van der Waals surface area contributed by atoms with Crippen LogP contribution in [-0.4, -0.2) is 13.1 Å². The van der Waals surface area contributed by atoms with Crippen molar-refractivity contribution < 1.29 is 0 Å². The Morgan fingerprint density at radius 1 is 1.17 bits per heavy atom. The number of hydrogen-bond acceptors (Lipinski definition) is 1. The normalized spacial score (nSPS) is 12.1. The Labute approximate surface area is 117 Å². The lowest BCUT2D eigenvalue weighted by Crippen LogP contribution is -2.26. The zero-order valence-electron chi connectivity index (χ0n) is 12.1. The fourth-order valence-corrected chi connectivity index (χ4v) is 2.19. The summed E-state index contributed by atoms with van der Waals surface area (Å²) >= 11 is 5.90. The highest BCUT2D eigenvalue weighted by atomic mass is 35.5. The highest BCUT2D eigenvalue weighted by Gasteiger charge is 2.17. The molecule has 0 amide bonds. The maximum Gasteiger partial charge on any atom is 0.0406 e. The van der Waals surface area contributed by atoms with Crippen molar-refractivity contribution >= 4 is 11.6 Å². The molecule has 0 fully saturated rings. The Balaban J connectivity index is 2.36. The van der Waals surface area contributed by atoms with Crippen molar-refractivity contribution in [2.45, 2.75) is 40.5 Å². The molecule has 1 aromatic carbocycles. The molecule has 0 unspecified atom stereocenters. The Morgan fingerprint density at radius 3 is 2.33 bits per heavy atom. The first-order valence-electron chi connectivity index (χ1n) is 6.84. The van der Waals surface area contributed by atoms with Crippen LogP contribution >= 0.6 is 11.6 Å². The summed E-state index contributed by atoms with van der Waals surface area (Å²) in [5.74, 6) is 0.726. The molecule has 102 valence electrons. The van der Waals surface area contributed by atoms with Gasteiger partial charge in [0.25, 0.3) is 0 Å². The smallest absolute Gasteiger partial charge is 0.0406 e. The van der Waals surface area contributed by atoms with Gasteiger partial charge in [0.15, 0.2) is 0 Å². The van der Waals surface area contributed by atoms with E-state index < -0.39 is 0 Å². The second-order valence-corrected chi connectivity index (χ2v) is 6.75. The number of halogens is 1. The maximum atomic E-state index is 5.90. The van der Waals surface area contributed by atoms with E-state index >= 15 is 0 Å². The number of hydrogen-bond donors (Lipinski definition) is 1. The first-order valence-corrected chi connectivity index (χ1v) is 7.22. The molecular formula is C16H26ClN. The zero-order valence-corrected chi connectivity index (χ0v) is 12.8. The van der Waals surface area contributed by atoms with E-state index in [1.807, 2.05) is 12.1 Å². The average Bonchev–Trinajstić information content (AvgIpc) is 2.27. The second-order valence-electron chi connectivity index (χ2n) is 6.32. The van der Waals surface area contributed by atoms with Gasteiger partial charge in [-0.05, 0) is 55.0 Å². The number of rotatable bonds is 7. The standard InChI is InChI=1S/C16H26ClN/c1-13(2)12-18-10-9-16(3,4)11-14-5-7-15(17)8-6-14/h5-8,13,18H,9-12H2,1-4H3. The van der Waals surface area contributed by atoms with Gasteiger partial charge in [0.1, 0.15) is 0 Å². The molecule has 1 N–H and O–H groups in total. The minimum Gasteiger partial charge on any atom is -0.316 e. The van der Waals surface area contributed by atoms with E-state index in [1.54, 1.807) is 0 Å². The molecule has 0 saturated carbocycles. The van der Waals surface area contributed by atoms with Crippen molar-refractivity contribution in [2.75, 3.05) is 13.1 Å². The Kier molecular flexibility index (Phi) is 6.17. The molecule has 0 atom stereocenters. The summed E-state index contributed by atoms with van der Waals surface area (Å²) in [6.07, 6.45) is 2.30. The van der Waals surface area contributed by atoms with Gasteiger partial charge in [-0.25, -0.2) is 0 Å². The molecule has 0 aromatic heterocycles. The van der Waals surface area contributed by atoms with E-state index in [9.17, 15) is 0 Å². The Morgan fingerprint density at radius 2 is 1.78 bits per heavy atom. The number of benzene rings is 1. The van der Waals surface area contributed by atoms with Gasteiger partial charge in [0.05, 0.1) is 0 Å². The summed E-state index contributed by atoms with van der Waals surface area (Å²) < 4.78 is 0. The fourth-order valence-electron chi connectivity index (χ4n) is 2.06. The van der Waals surface area contributed by atoms with Crippen LogP contribution in [0.15, 0.2) is 24.3 Å². The lowest BCUT2D eigenvalue weighted by atomic mass is 9.82. The van der Waals surface area contributed by atoms with Crippen LogP contribution in [0.5, 0.6) is 0 Å². The van der Waals surface area contributed by atoms with Crippen molar-refractivity contribution in [1.29, 1.82) is 0 Å². The summed E-state index contributed by atoms with van der Waals surface area (Å²) in [5.41, 5.74) is 1.70. The van der Waals surface area contributed by atoms with Gasteiger partial charge in [-0.15, -0.1) is 0 Å². The molecule has 18 heavy (non-hydrogen) atoms. The van der Waals surface area contributed by atoms with Crippen molar-refractivity contribution in [2.24, 2.45) is 11.3 Å². The van der Waals surface area contributed by atoms with Gasteiger partial charge in [-0.1, -0.05) is 51.4 Å². The SMILES string of the molecule is CC(C)CNCCC(C)(C)Cc1ccc(Cl)cc1. The van der Waals surface area contributed by atoms with E-state index in [0.717, 1.165) is 30.5 Å². The molecule has 0 aliphatic carbocycles. The average molecular weight is 268 g/mol. The fraction of sp³-hybridized carbons (Fsp3) is 0.625. The predicted octanol–water partition coefficient (Wildman–Crippen LogP) is 4.54. The van der Waals surface area contributed by atoms with E-state index in [4.69, 9.17) is 11.6 Å². The molecule has 0 radical (unpaired) electrons. The van der Waals surface area contributed by atoms with Crippen molar-refractivity contribution in [3.63, 3.8) is 0 Å². The molecule has 0 aliphatic heterocycles. The molecule has 1 aromatic rings. The zero-order chi connectivity index (χ0) is 13.6. The van der Waals surface area contributed by atoms with E-state index in [-0.39, 0.29) is 0 Å². The molecule has 1 rings (SSSR count). The van der Waals surface area contributed by atoms with Gasteiger partial charge in [-0.2, -0.15) is 0 Å². The van der Waals surface area contributed by atoms with E-state index in [1.165, 1.54) is 12.0 Å². The minimum absolute atomic E-state index is 0.331. The van der Waals surface area contributed by atoms with Crippen LogP contribution in [-0.2, 0) is 6.42 Å². The largest absolute Gasteiger partial charge is 0.316 e. The lowest BCUT2D eigenvalue weighted by Gasteiger charge is -2.25. The molecule has 0 heterocycles. The van der Waals surface area contributed by atoms with E-state index in [0.29, 0.717) is 5.41 Å². The summed E-state index contributed by atoms with van der Waals surface area (Å²) in [7, 11) is 0. The summed E-state index contributed by atoms with van der Waals surface area (Å²) in [4.78, 5) is 0. The maximum absolute atomic E-state index is 5.90. The third-order valence-electron chi connectivity index (χ3n) is 3.13. The molecular weight excluding hydrogens is 242 g/mol. The topological polar surface area (TPSA) is 12.0 Å². The van der Waals surface area contributed by atoms with E-state index in [2.05, 4.69) is 45.1 Å². The molecule has 0 bridgehead atoms. The van der Waals surface area contributed by atoms with Gasteiger partial charge in [-0.3, -0.25) is 0 Å². The Hall–Kier alpha value is -0.530.